The molecule has 0 amide bonds. The number of aromatic amines is 4. The maximum absolute atomic E-state index is 9.75. The van der Waals surface area contributed by atoms with Crippen molar-refractivity contribution in [2.45, 2.75) is 0 Å². The molecule has 0 saturated carbocycles. The lowest BCUT2D eigenvalue weighted by atomic mass is 10.3. The van der Waals surface area contributed by atoms with Crippen LogP contribution in [0.5, 0.6) is 0 Å². The van der Waals surface area contributed by atoms with Gasteiger partial charge in [-0.3, -0.25) is 0 Å². The van der Waals surface area contributed by atoms with Crippen molar-refractivity contribution in [1.29, 1.82) is 0 Å². The molecule has 0 spiro atoms. The summed E-state index contributed by atoms with van der Waals surface area (Å²) in [5, 5.41) is 0. The Bertz CT molecular complexity index is 801. The van der Waals surface area contributed by atoms with Gasteiger partial charge in [0.15, 0.2) is 22.1 Å². The van der Waals surface area contributed by atoms with Crippen LogP contribution >= 0.6 is 0 Å². The highest BCUT2D eigenvalue weighted by atomic mass is 19.5. The summed E-state index contributed by atoms with van der Waals surface area (Å²) in [6.07, 6.45) is 3.65. The minimum Gasteiger partial charge on any atom is -0.418 e. The fourth-order valence-corrected chi connectivity index (χ4v) is 1.85. The molecule has 4 N–H and O–H groups in total. The van der Waals surface area contributed by atoms with Crippen molar-refractivity contribution < 1.29 is 44.5 Å². The molecule has 0 aliphatic carbocycles. The Labute approximate surface area is 153 Å². The third-order valence-corrected chi connectivity index (χ3v) is 2.76. The van der Waals surface area contributed by atoms with Gasteiger partial charge in [0.25, 0.3) is 0 Å². The molecule has 0 unspecified atom stereocenters. The third kappa shape index (κ3) is 11.5. The highest BCUT2D eigenvalue weighted by Crippen LogP contribution is 2.07. The summed E-state index contributed by atoms with van der Waals surface area (Å²) in [6, 6.07) is 16.2. The molecule has 0 bridgehead atoms. The van der Waals surface area contributed by atoms with Crippen molar-refractivity contribution in [2.75, 3.05) is 0 Å². The predicted octanol–water partition coefficient (Wildman–Crippen LogP) is 4.56. The summed E-state index contributed by atoms with van der Waals surface area (Å²) in [5.74, 6) is 0. The quantitative estimate of drug-likeness (QED) is 0.315. The maximum Gasteiger partial charge on any atom is 0.673 e. The highest BCUT2D eigenvalue weighted by molar-refractivity contribution is 6.50. The van der Waals surface area contributed by atoms with Gasteiger partial charge >= 0.3 is 14.5 Å². The molecular weight excluding hydrogens is 398 g/mol. The maximum atomic E-state index is 9.75. The molecule has 2 heterocycles. The van der Waals surface area contributed by atoms with E-state index >= 15 is 0 Å². The van der Waals surface area contributed by atoms with Crippen LogP contribution < -0.4 is 9.97 Å². The normalized spacial score (nSPS) is 10.9. The summed E-state index contributed by atoms with van der Waals surface area (Å²) < 4.78 is 78.0. The number of imidazole rings is 2. The minimum atomic E-state index is -6.00. The minimum absolute atomic E-state index is 1.15. The second-order valence-electron chi connectivity index (χ2n) is 4.95. The summed E-state index contributed by atoms with van der Waals surface area (Å²) in [6.45, 7) is 0. The zero-order valence-electron chi connectivity index (χ0n) is 14.0. The lowest BCUT2D eigenvalue weighted by Gasteiger charge is -1.94. The van der Waals surface area contributed by atoms with Crippen molar-refractivity contribution >= 4 is 36.6 Å². The number of aromatic nitrogens is 4. The van der Waals surface area contributed by atoms with Crippen LogP contribution in [0.15, 0.2) is 61.2 Å². The molecule has 0 aliphatic rings. The molecule has 152 valence electrons. The number of para-hydroxylation sites is 4. The van der Waals surface area contributed by atoms with Gasteiger partial charge in [-0.05, 0) is 24.3 Å². The first kappa shape index (κ1) is 23.0. The number of H-pyrrole nitrogens is 4. The summed E-state index contributed by atoms with van der Waals surface area (Å²) >= 11 is 0. The van der Waals surface area contributed by atoms with E-state index in [0.29, 0.717) is 0 Å². The van der Waals surface area contributed by atoms with E-state index in [4.69, 9.17) is 0 Å². The molecule has 0 radical (unpaired) electrons. The average Bonchev–Trinajstić information content (AvgIpc) is 3.21. The number of halogens is 8. The van der Waals surface area contributed by atoms with Crippen molar-refractivity contribution in [3.8, 4) is 0 Å². The molecule has 4 rings (SSSR count). The van der Waals surface area contributed by atoms with Gasteiger partial charge in [-0.1, -0.05) is 24.3 Å². The van der Waals surface area contributed by atoms with Gasteiger partial charge in [0.05, 0.1) is 0 Å². The van der Waals surface area contributed by atoms with Gasteiger partial charge in [-0.15, -0.1) is 0 Å². The fourth-order valence-electron chi connectivity index (χ4n) is 1.85. The van der Waals surface area contributed by atoms with Crippen molar-refractivity contribution in [2.24, 2.45) is 0 Å². The Morgan fingerprint density at radius 1 is 0.536 bits per heavy atom. The van der Waals surface area contributed by atoms with E-state index in [9.17, 15) is 34.5 Å². The summed E-state index contributed by atoms with van der Waals surface area (Å²) in [5.41, 5.74) is 4.60. The lowest BCUT2D eigenvalue weighted by molar-refractivity contribution is -0.344. The first-order valence-corrected chi connectivity index (χ1v) is 7.56. The first-order chi connectivity index (χ1) is 12.9. The van der Waals surface area contributed by atoms with Crippen LogP contribution in [0.1, 0.15) is 0 Å². The zero-order chi connectivity index (χ0) is 21.2. The van der Waals surface area contributed by atoms with Gasteiger partial charge in [-0.25, -0.2) is 19.9 Å². The van der Waals surface area contributed by atoms with Crippen LogP contribution in [0.4, 0.5) is 34.5 Å². The Balaban J connectivity index is 0.000000196. The Morgan fingerprint density at radius 2 is 0.821 bits per heavy atom. The van der Waals surface area contributed by atoms with Crippen molar-refractivity contribution in [1.82, 2.24) is 9.97 Å². The van der Waals surface area contributed by atoms with Crippen LogP contribution in [0.3, 0.4) is 0 Å². The average molecular weight is 412 g/mol. The van der Waals surface area contributed by atoms with Crippen molar-refractivity contribution in [3.63, 3.8) is 0 Å². The molecule has 2 aromatic carbocycles. The largest absolute Gasteiger partial charge is 0.673 e. The number of hydrogen-bond acceptors (Lipinski definition) is 0. The third-order valence-electron chi connectivity index (χ3n) is 2.76. The van der Waals surface area contributed by atoms with Crippen LogP contribution in [0, 0.1) is 0 Å². The van der Waals surface area contributed by atoms with E-state index in [2.05, 4.69) is 19.9 Å². The van der Waals surface area contributed by atoms with E-state index in [1.165, 1.54) is 0 Å². The second kappa shape index (κ2) is 10.3. The number of hydrogen-bond donors (Lipinski definition) is 2. The molecule has 0 aliphatic heterocycles. The number of benzene rings is 2. The van der Waals surface area contributed by atoms with E-state index in [1.807, 2.05) is 61.2 Å². The number of rotatable bonds is 0. The highest BCUT2D eigenvalue weighted by Gasteiger charge is 2.21. The van der Waals surface area contributed by atoms with Gasteiger partial charge in [0.2, 0.25) is 12.7 Å². The topological polar surface area (TPSA) is 59.9 Å². The van der Waals surface area contributed by atoms with Gasteiger partial charge < -0.3 is 34.5 Å². The molecule has 0 saturated heterocycles. The van der Waals surface area contributed by atoms with Crippen LogP contribution in [0.25, 0.3) is 22.1 Å². The lowest BCUT2D eigenvalue weighted by Crippen LogP contribution is -2.02. The molecule has 14 heteroatoms. The Kier molecular flexibility index (Phi) is 8.48. The number of nitrogens with one attached hydrogen (secondary N) is 4. The molecule has 28 heavy (non-hydrogen) atoms. The second-order valence-corrected chi connectivity index (χ2v) is 4.95. The van der Waals surface area contributed by atoms with E-state index < -0.39 is 14.5 Å². The van der Waals surface area contributed by atoms with Gasteiger partial charge in [0, 0.05) is 0 Å². The zero-order valence-corrected chi connectivity index (χ0v) is 14.0. The molecule has 4 aromatic rings. The fraction of sp³-hybridized carbons (Fsp3) is 0. The Morgan fingerprint density at radius 3 is 1.11 bits per heavy atom. The van der Waals surface area contributed by atoms with E-state index in [-0.39, 0.29) is 0 Å². The van der Waals surface area contributed by atoms with Crippen molar-refractivity contribution in [3.05, 3.63) is 61.2 Å². The summed E-state index contributed by atoms with van der Waals surface area (Å²) in [4.78, 5) is 12.3. The van der Waals surface area contributed by atoms with Crippen LogP contribution in [0.2, 0.25) is 0 Å². The molecule has 0 fully saturated rings. The standard InChI is InChI=1S/2C7H6N2.2BF4/c2*1-2-4-7-6(3-1)8-5-9-7;2*2-1(3,4)5/h2*1-5H,(H,8,9);;/q;;2*-1/p+2. The van der Waals surface area contributed by atoms with Gasteiger partial charge in [-0.2, -0.15) is 0 Å². The SMILES string of the molecule is F[B-](F)(F)F.F[B-](F)(F)F.c1ccc2[nH+]c[nH]c2c1.c1ccc2[nH+]c[nH]c2c1. The molecule has 2 aromatic heterocycles. The first-order valence-electron chi connectivity index (χ1n) is 7.56. The van der Waals surface area contributed by atoms with Crippen LogP contribution in [-0.2, 0) is 0 Å². The molecule has 0 atom stereocenters. The summed E-state index contributed by atoms with van der Waals surface area (Å²) in [7, 11) is -12.0. The smallest absolute Gasteiger partial charge is 0.418 e. The number of fused-ring (bicyclic) bond motifs is 2. The monoisotopic (exact) mass is 412 g/mol. The van der Waals surface area contributed by atoms with Crippen LogP contribution in [-0.4, -0.2) is 24.5 Å². The predicted molar refractivity (Wildman–Crippen MR) is 90.1 cm³/mol. The molecule has 4 nitrogen and oxygen atoms in total. The van der Waals surface area contributed by atoms with Gasteiger partial charge in [0.1, 0.15) is 0 Å². The van der Waals surface area contributed by atoms with E-state index in [0.717, 1.165) is 22.1 Å². The Hall–Kier alpha value is -3.05. The van der Waals surface area contributed by atoms with E-state index in [1.54, 1.807) is 0 Å². The molecular formula is C14H14B2F8N4.